The van der Waals surface area contributed by atoms with Crippen molar-refractivity contribution in [2.24, 2.45) is 5.73 Å². The van der Waals surface area contributed by atoms with E-state index in [2.05, 4.69) is 24.5 Å². The number of phosphoric acid groups is 1. The molecular formula is C21H26N7O9P. The first-order valence-electron chi connectivity index (χ1n) is 11.1. The minimum atomic E-state index is -4.72. The highest BCUT2D eigenvalue weighted by Crippen LogP contribution is 2.38. The molecule has 16 nitrogen and oxygen atoms in total. The van der Waals surface area contributed by atoms with Crippen molar-refractivity contribution in [3.63, 3.8) is 0 Å². The number of phosphoric ester groups is 1. The number of benzene rings is 1. The van der Waals surface area contributed by atoms with Crippen molar-refractivity contribution in [3.8, 4) is 0 Å². The molecule has 204 valence electrons. The number of H-pyrrole nitrogens is 1. The number of aliphatic carboxylic acids is 1. The van der Waals surface area contributed by atoms with Crippen molar-refractivity contribution in [1.29, 1.82) is 0 Å². The van der Waals surface area contributed by atoms with Gasteiger partial charge in [0.25, 0.3) is 0 Å². The zero-order valence-corrected chi connectivity index (χ0v) is 20.5. The topological polar surface area (TPSA) is 265 Å². The summed E-state index contributed by atoms with van der Waals surface area (Å²) in [4.78, 5) is 42.9. The SMILES string of the molecule is N[C@@H](Cc1c[nH]c2ccccc12)C(=O)O.Nc1ncnc2c1ncn2[C@@H]1O[C@H](COP(=O)(O)O)[C@@H](O)[C@H]1O. The number of para-hydroxylation sites is 1. The number of aromatic amines is 1. The zero-order chi connectivity index (χ0) is 27.6. The fraction of sp³-hybridized carbons (Fsp3) is 0.333. The normalized spacial score (nSPS) is 22.3. The third-order valence-corrected chi connectivity index (χ3v) is 6.32. The first-order chi connectivity index (χ1) is 18.0. The Morgan fingerprint density at radius 3 is 2.66 bits per heavy atom. The lowest BCUT2D eigenvalue weighted by atomic mass is 10.1. The number of hydrogen-bond donors (Lipinski definition) is 8. The van der Waals surface area contributed by atoms with Crippen LogP contribution in [0.3, 0.4) is 0 Å². The van der Waals surface area contributed by atoms with Gasteiger partial charge in [-0.1, -0.05) is 18.2 Å². The van der Waals surface area contributed by atoms with Gasteiger partial charge in [-0.05, 0) is 11.6 Å². The predicted octanol–water partition coefficient (Wildman–Crippen LogP) is -0.741. The van der Waals surface area contributed by atoms with Gasteiger partial charge in [0.15, 0.2) is 17.7 Å². The molecule has 0 amide bonds. The Balaban J connectivity index is 0.000000194. The number of aromatic nitrogens is 5. The third-order valence-electron chi connectivity index (χ3n) is 5.84. The number of aliphatic hydroxyl groups excluding tert-OH is 2. The Hall–Kier alpha value is -3.47. The van der Waals surface area contributed by atoms with Crippen LogP contribution < -0.4 is 11.5 Å². The van der Waals surface area contributed by atoms with Gasteiger partial charge in [0.1, 0.15) is 36.2 Å². The molecule has 0 saturated carbocycles. The average Bonchev–Trinajstić information content (AvgIpc) is 3.55. The van der Waals surface area contributed by atoms with Crippen molar-refractivity contribution in [2.45, 2.75) is 37.0 Å². The molecule has 4 heterocycles. The number of anilines is 1. The number of nitrogens with one attached hydrogen (secondary N) is 1. The summed E-state index contributed by atoms with van der Waals surface area (Å²) in [6, 6.07) is 6.91. The van der Waals surface area contributed by atoms with E-state index in [9.17, 15) is 19.6 Å². The molecule has 0 radical (unpaired) electrons. The molecule has 3 aromatic heterocycles. The maximum Gasteiger partial charge on any atom is 0.469 e. The number of rotatable bonds is 7. The van der Waals surface area contributed by atoms with Crippen LogP contribution in [0, 0.1) is 0 Å². The van der Waals surface area contributed by atoms with Crippen LogP contribution >= 0.6 is 7.82 Å². The van der Waals surface area contributed by atoms with Gasteiger partial charge in [0, 0.05) is 23.5 Å². The third kappa shape index (κ3) is 5.98. The summed E-state index contributed by atoms with van der Waals surface area (Å²) < 4.78 is 21.8. The Labute approximate surface area is 214 Å². The lowest BCUT2D eigenvalue weighted by Crippen LogP contribution is -2.33. The van der Waals surface area contributed by atoms with E-state index in [0.717, 1.165) is 16.5 Å². The fourth-order valence-electron chi connectivity index (χ4n) is 3.95. The monoisotopic (exact) mass is 551 g/mol. The van der Waals surface area contributed by atoms with E-state index in [-0.39, 0.29) is 11.5 Å². The number of aliphatic hydroxyl groups is 2. The van der Waals surface area contributed by atoms with Gasteiger partial charge in [-0.2, -0.15) is 0 Å². The van der Waals surface area contributed by atoms with Gasteiger partial charge in [0.2, 0.25) is 0 Å². The van der Waals surface area contributed by atoms with Gasteiger partial charge in [0.05, 0.1) is 12.9 Å². The van der Waals surface area contributed by atoms with Crippen molar-refractivity contribution in [3.05, 3.63) is 48.7 Å². The Morgan fingerprint density at radius 1 is 1.21 bits per heavy atom. The zero-order valence-electron chi connectivity index (χ0n) is 19.6. The Morgan fingerprint density at radius 2 is 1.95 bits per heavy atom. The quantitative estimate of drug-likeness (QED) is 0.132. The summed E-state index contributed by atoms with van der Waals surface area (Å²) in [5.74, 6) is -0.830. The average molecular weight is 551 g/mol. The van der Waals surface area contributed by atoms with Crippen molar-refractivity contribution < 1.29 is 43.7 Å². The molecule has 17 heteroatoms. The highest BCUT2D eigenvalue weighted by Gasteiger charge is 2.45. The molecule has 0 unspecified atom stereocenters. The summed E-state index contributed by atoms with van der Waals surface area (Å²) in [5.41, 5.74) is 13.7. The van der Waals surface area contributed by atoms with E-state index < -0.39 is 51.0 Å². The highest BCUT2D eigenvalue weighted by molar-refractivity contribution is 7.46. The molecule has 0 bridgehead atoms. The number of carboxylic acids is 1. The molecule has 38 heavy (non-hydrogen) atoms. The van der Waals surface area contributed by atoms with Gasteiger partial charge >= 0.3 is 13.8 Å². The van der Waals surface area contributed by atoms with Crippen molar-refractivity contribution in [1.82, 2.24) is 24.5 Å². The van der Waals surface area contributed by atoms with Crippen LogP contribution in [-0.4, -0.2) is 86.5 Å². The van der Waals surface area contributed by atoms with Gasteiger partial charge < -0.3 is 46.3 Å². The first kappa shape index (κ1) is 27.6. The number of ether oxygens (including phenoxy) is 1. The fourth-order valence-corrected chi connectivity index (χ4v) is 4.29. The van der Waals surface area contributed by atoms with Crippen LogP contribution in [0.25, 0.3) is 22.1 Å². The summed E-state index contributed by atoms with van der Waals surface area (Å²) >= 11 is 0. The smallest absolute Gasteiger partial charge is 0.469 e. The van der Waals surface area contributed by atoms with Crippen LogP contribution in [0.15, 0.2) is 43.1 Å². The summed E-state index contributed by atoms with van der Waals surface area (Å²) in [6.45, 7) is -0.594. The molecule has 5 atom stereocenters. The molecule has 1 aliphatic heterocycles. The number of fused-ring (bicyclic) bond motifs is 2. The number of imidazole rings is 1. The first-order valence-corrected chi connectivity index (χ1v) is 12.7. The van der Waals surface area contributed by atoms with E-state index >= 15 is 0 Å². The number of carbonyl (C=O) groups is 1. The number of carboxylic acid groups (broad SMARTS) is 1. The molecule has 1 fully saturated rings. The highest BCUT2D eigenvalue weighted by atomic mass is 31.2. The van der Waals surface area contributed by atoms with Crippen molar-refractivity contribution in [2.75, 3.05) is 12.3 Å². The van der Waals surface area contributed by atoms with Crippen molar-refractivity contribution >= 4 is 41.7 Å². The summed E-state index contributed by atoms with van der Waals surface area (Å²) in [5, 5.41) is 29.8. The second-order valence-corrected chi connectivity index (χ2v) is 9.66. The Bertz CT molecular complexity index is 1470. The second-order valence-electron chi connectivity index (χ2n) is 8.42. The minimum absolute atomic E-state index is 0.142. The van der Waals surface area contributed by atoms with E-state index in [1.165, 1.54) is 17.2 Å². The number of hydrogen-bond acceptors (Lipinski definition) is 11. The minimum Gasteiger partial charge on any atom is -0.480 e. The lowest BCUT2D eigenvalue weighted by Gasteiger charge is -2.16. The van der Waals surface area contributed by atoms with E-state index in [0.29, 0.717) is 11.9 Å². The van der Waals surface area contributed by atoms with Crippen LogP contribution in [0.4, 0.5) is 5.82 Å². The number of nitrogens with zero attached hydrogens (tertiary/aromatic N) is 4. The summed E-state index contributed by atoms with van der Waals surface area (Å²) in [7, 11) is -4.72. The summed E-state index contributed by atoms with van der Waals surface area (Å²) in [6.07, 6.45) is -0.330. The largest absolute Gasteiger partial charge is 0.480 e. The molecule has 1 aromatic carbocycles. The molecule has 5 rings (SSSR count). The van der Waals surface area contributed by atoms with E-state index in [1.54, 1.807) is 0 Å². The van der Waals surface area contributed by atoms with Crippen LogP contribution in [0.5, 0.6) is 0 Å². The van der Waals surface area contributed by atoms with Gasteiger partial charge in [-0.3, -0.25) is 13.9 Å². The van der Waals surface area contributed by atoms with Crippen LogP contribution in [0.2, 0.25) is 0 Å². The van der Waals surface area contributed by atoms with Crippen LogP contribution in [0.1, 0.15) is 11.8 Å². The molecule has 1 saturated heterocycles. The second kappa shape index (κ2) is 11.1. The predicted molar refractivity (Wildman–Crippen MR) is 131 cm³/mol. The Kier molecular flexibility index (Phi) is 8.05. The lowest BCUT2D eigenvalue weighted by molar-refractivity contribution is -0.138. The maximum atomic E-state index is 10.7. The standard InChI is InChI=1S/C11H12N2O2.C10H14N5O7P/c12-9(11(14)15)5-7-6-13-10-4-2-1-3-8(7)10;11-8-5-9(13-2-12-8)15(3-14-5)10-7(17)6(16)4(22-10)1-21-23(18,19)20/h1-4,6,9,13H,5,12H2,(H,14,15);2-4,6-7,10,16-17H,1H2,(H2,11,12,13)(H2,18,19,20)/t9-;4-,6-,7-,10-/m01/s1. The number of nitrogen functional groups attached to an aromatic ring is 1. The molecule has 0 spiro atoms. The molecule has 0 aliphatic carbocycles. The van der Waals surface area contributed by atoms with E-state index in [4.69, 9.17) is 31.1 Å². The van der Waals surface area contributed by atoms with E-state index in [1.807, 2.05) is 30.5 Å². The molecule has 4 aromatic rings. The maximum absolute atomic E-state index is 10.7. The molecule has 10 N–H and O–H groups in total. The number of nitrogens with two attached hydrogens (primary N) is 2. The molecule has 1 aliphatic rings. The molecular weight excluding hydrogens is 525 g/mol. The van der Waals surface area contributed by atoms with Gasteiger partial charge in [-0.25, -0.2) is 19.5 Å². The van der Waals surface area contributed by atoms with Crippen LogP contribution in [-0.2, 0) is 25.0 Å². The van der Waals surface area contributed by atoms with Gasteiger partial charge in [-0.15, -0.1) is 0 Å².